The van der Waals surface area contributed by atoms with Crippen LogP contribution >= 0.6 is 0 Å². The molecule has 1 aliphatic rings. The summed E-state index contributed by atoms with van der Waals surface area (Å²) < 4.78 is 18.6. The van der Waals surface area contributed by atoms with Crippen LogP contribution < -0.4 is 0 Å². The minimum Gasteiger partial charge on any atom is -0.389 e. The summed E-state index contributed by atoms with van der Waals surface area (Å²) in [6, 6.07) is 6.46. The number of hydrogen-bond acceptors (Lipinski definition) is 2. The van der Waals surface area contributed by atoms with Gasteiger partial charge in [-0.15, -0.1) is 0 Å². The summed E-state index contributed by atoms with van der Waals surface area (Å²) in [5.74, 6) is -0.245. The van der Waals surface area contributed by atoms with Gasteiger partial charge in [-0.2, -0.15) is 0 Å². The van der Waals surface area contributed by atoms with Gasteiger partial charge in [0.1, 0.15) is 5.82 Å². The van der Waals surface area contributed by atoms with Gasteiger partial charge in [-0.25, -0.2) is 4.39 Å². The number of benzene rings is 1. The van der Waals surface area contributed by atoms with Gasteiger partial charge >= 0.3 is 0 Å². The number of ether oxygens (including phenoxy) is 1. The van der Waals surface area contributed by atoms with E-state index in [1.54, 1.807) is 6.07 Å². The fraction of sp³-hybridized carbons (Fsp3) is 0.571. The van der Waals surface area contributed by atoms with E-state index in [0.717, 1.165) is 12.0 Å². The summed E-state index contributed by atoms with van der Waals surface area (Å²) in [5.41, 5.74) is 0.108. The molecule has 94 valence electrons. The Morgan fingerprint density at radius 1 is 1.53 bits per heavy atom. The highest BCUT2D eigenvalue weighted by molar-refractivity contribution is 5.18. The first-order valence-electron chi connectivity index (χ1n) is 6.20. The second-order valence-electron chi connectivity index (χ2n) is 4.89. The van der Waals surface area contributed by atoms with E-state index in [1.165, 1.54) is 12.1 Å². The molecule has 1 aromatic rings. The van der Waals surface area contributed by atoms with Crippen molar-refractivity contribution >= 4 is 0 Å². The molecule has 2 rings (SSSR count). The lowest BCUT2D eigenvalue weighted by molar-refractivity contribution is -0.103. The first-order chi connectivity index (χ1) is 8.11. The van der Waals surface area contributed by atoms with Gasteiger partial charge in [0.2, 0.25) is 0 Å². The molecule has 17 heavy (non-hydrogen) atoms. The SMILES string of the molecule is CCC1CC(O)(Cc2cccc(F)c2)CCO1. The van der Waals surface area contributed by atoms with Gasteiger partial charge in [0.15, 0.2) is 0 Å². The third-order valence-electron chi connectivity index (χ3n) is 3.41. The van der Waals surface area contributed by atoms with Gasteiger partial charge in [-0.3, -0.25) is 0 Å². The Kier molecular flexibility index (Phi) is 3.79. The smallest absolute Gasteiger partial charge is 0.123 e. The van der Waals surface area contributed by atoms with Crippen LogP contribution in [0.4, 0.5) is 4.39 Å². The van der Waals surface area contributed by atoms with Gasteiger partial charge in [0.25, 0.3) is 0 Å². The summed E-state index contributed by atoms with van der Waals surface area (Å²) >= 11 is 0. The molecule has 1 N–H and O–H groups in total. The highest BCUT2D eigenvalue weighted by Gasteiger charge is 2.34. The molecule has 0 aliphatic carbocycles. The monoisotopic (exact) mass is 238 g/mol. The Hall–Kier alpha value is -0.930. The van der Waals surface area contributed by atoms with Crippen LogP contribution in [0, 0.1) is 5.82 Å². The van der Waals surface area contributed by atoms with Gasteiger partial charge in [-0.05, 0) is 30.5 Å². The van der Waals surface area contributed by atoms with Crippen LogP contribution in [-0.4, -0.2) is 23.4 Å². The molecule has 1 fully saturated rings. The van der Waals surface area contributed by atoms with E-state index in [9.17, 15) is 9.50 Å². The molecule has 0 radical (unpaired) electrons. The van der Waals surface area contributed by atoms with Gasteiger partial charge in [0.05, 0.1) is 11.7 Å². The second kappa shape index (κ2) is 5.15. The first kappa shape index (κ1) is 12.5. The summed E-state index contributed by atoms with van der Waals surface area (Å²) in [6.45, 7) is 2.64. The molecule has 1 aliphatic heterocycles. The fourth-order valence-electron chi connectivity index (χ4n) is 2.45. The van der Waals surface area contributed by atoms with E-state index in [1.807, 2.05) is 6.07 Å². The summed E-state index contributed by atoms with van der Waals surface area (Å²) in [4.78, 5) is 0. The molecule has 0 bridgehead atoms. The van der Waals surface area contributed by atoms with Crippen molar-refractivity contribution in [1.29, 1.82) is 0 Å². The predicted octanol–water partition coefficient (Wildman–Crippen LogP) is 2.69. The normalized spacial score (nSPS) is 29.2. The van der Waals surface area contributed by atoms with Crippen molar-refractivity contribution in [2.75, 3.05) is 6.61 Å². The molecule has 0 amide bonds. The molecule has 0 aromatic heterocycles. The maximum Gasteiger partial charge on any atom is 0.123 e. The molecule has 2 atom stereocenters. The fourth-order valence-corrected chi connectivity index (χ4v) is 2.45. The zero-order valence-corrected chi connectivity index (χ0v) is 10.2. The quantitative estimate of drug-likeness (QED) is 0.877. The Labute approximate surface area is 101 Å². The van der Waals surface area contributed by atoms with Crippen molar-refractivity contribution in [3.63, 3.8) is 0 Å². The molecule has 2 unspecified atom stereocenters. The van der Waals surface area contributed by atoms with Crippen molar-refractivity contribution in [3.8, 4) is 0 Å². The van der Waals surface area contributed by atoms with Crippen LogP contribution in [0.5, 0.6) is 0 Å². The highest BCUT2D eigenvalue weighted by atomic mass is 19.1. The van der Waals surface area contributed by atoms with E-state index < -0.39 is 5.60 Å². The molecular weight excluding hydrogens is 219 g/mol. The van der Waals surface area contributed by atoms with Crippen LogP contribution in [0.25, 0.3) is 0 Å². The van der Waals surface area contributed by atoms with Crippen LogP contribution in [0.2, 0.25) is 0 Å². The van der Waals surface area contributed by atoms with Crippen LogP contribution in [0.1, 0.15) is 31.7 Å². The Morgan fingerprint density at radius 2 is 2.35 bits per heavy atom. The highest BCUT2D eigenvalue weighted by Crippen LogP contribution is 2.29. The van der Waals surface area contributed by atoms with E-state index in [2.05, 4.69) is 6.92 Å². The summed E-state index contributed by atoms with van der Waals surface area (Å²) in [6.07, 6.45) is 2.80. The molecule has 0 spiro atoms. The maximum atomic E-state index is 13.1. The van der Waals surface area contributed by atoms with E-state index >= 15 is 0 Å². The second-order valence-corrected chi connectivity index (χ2v) is 4.89. The van der Waals surface area contributed by atoms with Crippen molar-refractivity contribution in [2.45, 2.75) is 44.3 Å². The average Bonchev–Trinajstić information content (AvgIpc) is 2.28. The molecule has 3 heteroatoms. The lowest BCUT2D eigenvalue weighted by Crippen LogP contribution is -2.42. The molecule has 1 saturated heterocycles. The lowest BCUT2D eigenvalue weighted by atomic mass is 9.84. The standard InChI is InChI=1S/C14H19FO2/c1-2-13-10-14(16,6-7-17-13)9-11-4-3-5-12(15)8-11/h3-5,8,13,16H,2,6-7,9-10H2,1H3. The topological polar surface area (TPSA) is 29.5 Å². The minimum atomic E-state index is -0.743. The van der Waals surface area contributed by atoms with Crippen LogP contribution in [-0.2, 0) is 11.2 Å². The van der Waals surface area contributed by atoms with Gasteiger partial charge in [-0.1, -0.05) is 19.1 Å². The van der Waals surface area contributed by atoms with Gasteiger partial charge in [0, 0.05) is 19.4 Å². The van der Waals surface area contributed by atoms with Crippen molar-refractivity contribution in [3.05, 3.63) is 35.6 Å². The molecule has 1 heterocycles. The van der Waals surface area contributed by atoms with Crippen molar-refractivity contribution in [1.82, 2.24) is 0 Å². The Bertz CT molecular complexity index is 380. The molecule has 0 saturated carbocycles. The predicted molar refractivity (Wildman–Crippen MR) is 64.3 cm³/mol. The first-order valence-corrected chi connectivity index (χ1v) is 6.20. The Morgan fingerprint density at radius 3 is 3.06 bits per heavy atom. The number of aliphatic hydroxyl groups is 1. The van der Waals surface area contributed by atoms with Crippen molar-refractivity contribution in [2.24, 2.45) is 0 Å². The largest absolute Gasteiger partial charge is 0.389 e. The maximum absolute atomic E-state index is 13.1. The van der Waals surface area contributed by atoms with Crippen LogP contribution in [0.3, 0.4) is 0 Å². The Balaban J connectivity index is 2.06. The van der Waals surface area contributed by atoms with E-state index in [-0.39, 0.29) is 11.9 Å². The zero-order valence-electron chi connectivity index (χ0n) is 10.2. The van der Waals surface area contributed by atoms with Crippen LogP contribution in [0.15, 0.2) is 24.3 Å². The van der Waals surface area contributed by atoms with E-state index in [4.69, 9.17) is 4.74 Å². The van der Waals surface area contributed by atoms with Gasteiger partial charge < -0.3 is 9.84 Å². The van der Waals surface area contributed by atoms with Crippen molar-refractivity contribution < 1.29 is 14.2 Å². The summed E-state index contributed by atoms with van der Waals surface area (Å²) in [7, 11) is 0. The van der Waals surface area contributed by atoms with E-state index in [0.29, 0.717) is 25.9 Å². The molecule has 1 aromatic carbocycles. The summed E-state index contributed by atoms with van der Waals surface area (Å²) in [5, 5.41) is 10.5. The minimum absolute atomic E-state index is 0.127. The lowest BCUT2D eigenvalue weighted by Gasteiger charge is -2.36. The molecule has 2 nitrogen and oxygen atoms in total. The third-order valence-corrected chi connectivity index (χ3v) is 3.41. The number of rotatable bonds is 3. The third kappa shape index (κ3) is 3.27. The number of halogens is 1. The number of hydrogen-bond donors (Lipinski definition) is 1. The zero-order chi connectivity index (χ0) is 12.3. The average molecular weight is 238 g/mol. The molecular formula is C14H19FO2.